The number of anilines is 1. The number of hydrogen-bond acceptors (Lipinski definition) is 4. The van der Waals surface area contributed by atoms with Gasteiger partial charge in [-0.15, -0.1) is 0 Å². The van der Waals surface area contributed by atoms with Crippen LogP contribution in [0.2, 0.25) is 5.02 Å². The van der Waals surface area contributed by atoms with Crippen molar-refractivity contribution in [1.82, 2.24) is 4.90 Å². The molecular formula is C25H34ClN3O. The molecule has 0 amide bonds. The molecule has 1 heterocycles. The van der Waals surface area contributed by atoms with Crippen LogP contribution in [0.4, 0.5) is 5.69 Å². The van der Waals surface area contributed by atoms with Gasteiger partial charge in [-0.25, -0.2) is 0 Å². The van der Waals surface area contributed by atoms with Crippen LogP contribution in [0.15, 0.2) is 36.4 Å². The van der Waals surface area contributed by atoms with Gasteiger partial charge in [0.2, 0.25) is 0 Å². The molecule has 0 spiro atoms. The predicted molar refractivity (Wildman–Crippen MR) is 128 cm³/mol. The van der Waals surface area contributed by atoms with Crippen LogP contribution in [-0.2, 0) is 13.0 Å². The third-order valence-corrected chi connectivity index (χ3v) is 6.29. The van der Waals surface area contributed by atoms with Gasteiger partial charge in [-0.05, 0) is 75.3 Å². The number of nitrogens with one attached hydrogen (secondary N) is 1. The highest BCUT2D eigenvalue weighted by Crippen LogP contribution is 2.30. The van der Waals surface area contributed by atoms with Crippen LogP contribution in [0.3, 0.4) is 0 Å². The zero-order chi connectivity index (χ0) is 21.7. The van der Waals surface area contributed by atoms with E-state index in [1.165, 1.54) is 11.1 Å². The Morgan fingerprint density at radius 2 is 2.00 bits per heavy atom. The van der Waals surface area contributed by atoms with Gasteiger partial charge in [0, 0.05) is 42.5 Å². The second-order valence-corrected chi connectivity index (χ2v) is 8.87. The molecule has 1 N–H and O–H groups in total. The van der Waals surface area contributed by atoms with E-state index in [2.05, 4.69) is 47.9 Å². The molecule has 0 saturated heterocycles. The first-order valence-electron chi connectivity index (χ1n) is 10.9. The molecule has 0 saturated carbocycles. The van der Waals surface area contributed by atoms with Crippen LogP contribution in [0, 0.1) is 5.41 Å². The summed E-state index contributed by atoms with van der Waals surface area (Å²) in [6, 6.07) is 12.9. The summed E-state index contributed by atoms with van der Waals surface area (Å²) in [4.78, 5) is 4.49. The molecule has 2 aromatic carbocycles. The minimum Gasteiger partial charge on any atom is -0.494 e. The normalized spacial score (nSPS) is 14.5. The molecule has 162 valence electrons. The molecule has 0 aromatic heterocycles. The quantitative estimate of drug-likeness (QED) is 0.406. The number of benzene rings is 2. The summed E-state index contributed by atoms with van der Waals surface area (Å²) in [7, 11) is 4.08. The highest BCUT2D eigenvalue weighted by molar-refractivity contribution is 6.34. The van der Waals surface area contributed by atoms with Crippen LogP contribution >= 0.6 is 11.6 Å². The third kappa shape index (κ3) is 5.55. The van der Waals surface area contributed by atoms with Crippen molar-refractivity contribution in [2.45, 2.75) is 52.1 Å². The SMILES string of the molecule is CCCCOc1ccc2c(c1)CCN(c1ccc(C(=N)CC(C)N(C)C)c(Cl)c1)C2. The zero-order valence-corrected chi connectivity index (χ0v) is 19.4. The topological polar surface area (TPSA) is 39.6 Å². The maximum Gasteiger partial charge on any atom is 0.119 e. The Morgan fingerprint density at radius 1 is 1.20 bits per heavy atom. The number of nitrogens with zero attached hydrogens (tertiary/aromatic N) is 2. The van der Waals surface area contributed by atoms with E-state index in [-0.39, 0.29) is 0 Å². The van der Waals surface area contributed by atoms with E-state index in [0.29, 0.717) is 23.2 Å². The first-order chi connectivity index (χ1) is 14.4. The lowest BCUT2D eigenvalue weighted by Gasteiger charge is -2.31. The van der Waals surface area contributed by atoms with Gasteiger partial charge < -0.3 is 19.9 Å². The van der Waals surface area contributed by atoms with Gasteiger partial charge in [0.25, 0.3) is 0 Å². The van der Waals surface area contributed by atoms with E-state index in [1.54, 1.807) is 0 Å². The molecule has 1 aliphatic heterocycles. The van der Waals surface area contributed by atoms with Crippen molar-refractivity contribution in [2.24, 2.45) is 0 Å². The molecular weight excluding hydrogens is 394 g/mol. The molecule has 0 fully saturated rings. The highest BCUT2D eigenvalue weighted by atomic mass is 35.5. The lowest BCUT2D eigenvalue weighted by Crippen LogP contribution is -2.30. The van der Waals surface area contributed by atoms with E-state index >= 15 is 0 Å². The van der Waals surface area contributed by atoms with Crippen LogP contribution in [0.5, 0.6) is 5.75 Å². The Kier molecular flexibility index (Phi) is 7.79. The number of fused-ring (bicyclic) bond motifs is 1. The fraction of sp³-hybridized carbons (Fsp3) is 0.480. The Morgan fingerprint density at radius 3 is 2.70 bits per heavy atom. The Labute approximate surface area is 186 Å². The van der Waals surface area contributed by atoms with Gasteiger partial charge in [-0.1, -0.05) is 31.0 Å². The molecule has 4 nitrogen and oxygen atoms in total. The summed E-state index contributed by atoms with van der Waals surface area (Å²) < 4.78 is 5.86. The number of halogens is 1. The largest absolute Gasteiger partial charge is 0.494 e. The molecule has 1 atom stereocenters. The third-order valence-electron chi connectivity index (χ3n) is 5.98. The maximum atomic E-state index is 8.45. The lowest BCUT2D eigenvalue weighted by molar-refractivity contribution is 0.309. The molecule has 0 radical (unpaired) electrons. The number of unbranched alkanes of at least 4 members (excludes halogenated alkanes) is 1. The van der Waals surface area contributed by atoms with Crippen LogP contribution in [0.1, 0.15) is 49.8 Å². The van der Waals surface area contributed by atoms with Gasteiger partial charge in [-0.3, -0.25) is 0 Å². The second-order valence-electron chi connectivity index (χ2n) is 8.46. The van der Waals surface area contributed by atoms with Crippen molar-refractivity contribution < 1.29 is 4.74 Å². The minimum absolute atomic E-state index is 0.308. The van der Waals surface area contributed by atoms with E-state index in [4.69, 9.17) is 21.7 Å². The van der Waals surface area contributed by atoms with Crippen LogP contribution in [-0.4, -0.2) is 43.9 Å². The van der Waals surface area contributed by atoms with Gasteiger partial charge in [0.1, 0.15) is 5.75 Å². The van der Waals surface area contributed by atoms with Crippen LogP contribution < -0.4 is 9.64 Å². The maximum absolute atomic E-state index is 8.45. The van der Waals surface area contributed by atoms with Crippen molar-refractivity contribution in [3.63, 3.8) is 0 Å². The first-order valence-corrected chi connectivity index (χ1v) is 11.3. The zero-order valence-electron chi connectivity index (χ0n) is 18.7. The monoisotopic (exact) mass is 427 g/mol. The molecule has 2 aromatic rings. The van der Waals surface area contributed by atoms with Crippen molar-refractivity contribution in [1.29, 1.82) is 5.41 Å². The molecule has 0 bridgehead atoms. The van der Waals surface area contributed by atoms with Gasteiger partial charge in [0.15, 0.2) is 0 Å². The summed E-state index contributed by atoms with van der Waals surface area (Å²) >= 11 is 6.59. The number of hydrogen-bond donors (Lipinski definition) is 1. The first kappa shape index (κ1) is 22.6. The van der Waals surface area contributed by atoms with Crippen molar-refractivity contribution in [2.75, 3.05) is 32.1 Å². The van der Waals surface area contributed by atoms with Crippen molar-refractivity contribution in [3.05, 3.63) is 58.1 Å². The number of rotatable bonds is 9. The molecule has 1 aliphatic rings. The second kappa shape index (κ2) is 10.3. The molecule has 0 aliphatic carbocycles. The standard InChI is InChI=1S/C25H34ClN3O/c1-5-6-13-30-22-9-7-20-17-29(12-11-19(20)15-22)21-8-10-23(24(26)16-21)25(27)14-18(2)28(3)4/h7-10,15-16,18,27H,5-6,11-14,17H2,1-4H3. The predicted octanol–water partition coefficient (Wildman–Crippen LogP) is 5.79. The van der Waals surface area contributed by atoms with E-state index < -0.39 is 0 Å². The average molecular weight is 428 g/mol. The fourth-order valence-electron chi connectivity index (χ4n) is 3.71. The van der Waals surface area contributed by atoms with Crippen molar-refractivity contribution in [3.8, 4) is 5.75 Å². The fourth-order valence-corrected chi connectivity index (χ4v) is 4.00. The Balaban J connectivity index is 1.68. The summed E-state index contributed by atoms with van der Waals surface area (Å²) in [5.74, 6) is 0.980. The summed E-state index contributed by atoms with van der Waals surface area (Å²) in [5, 5.41) is 9.11. The van der Waals surface area contributed by atoms with Crippen molar-refractivity contribution >= 4 is 23.0 Å². The Bertz CT molecular complexity index is 881. The highest BCUT2D eigenvalue weighted by Gasteiger charge is 2.19. The minimum atomic E-state index is 0.308. The number of ether oxygens (including phenoxy) is 1. The van der Waals surface area contributed by atoms with Crippen LogP contribution in [0.25, 0.3) is 0 Å². The molecule has 1 unspecified atom stereocenters. The lowest BCUT2D eigenvalue weighted by atomic mass is 9.98. The molecule has 5 heteroatoms. The summed E-state index contributed by atoms with van der Waals surface area (Å²) in [5.41, 5.74) is 5.26. The van der Waals surface area contributed by atoms with Gasteiger partial charge in [-0.2, -0.15) is 0 Å². The smallest absolute Gasteiger partial charge is 0.119 e. The summed E-state index contributed by atoms with van der Waals surface area (Å²) in [6.07, 6.45) is 3.92. The van der Waals surface area contributed by atoms with E-state index in [1.807, 2.05) is 26.2 Å². The van der Waals surface area contributed by atoms with E-state index in [0.717, 1.165) is 56.0 Å². The van der Waals surface area contributed by atoms with Gasteiger partial charge in [0.05, 0.1) is 11.6 Å². The molecule has 30 heavy (non-hydrogen) atoms. The summed E-state index contributed by atoms with van der Waals surface area (Å²) in [6.45, 7) is 6.92. The molecule has 3 rings (SSSR count). The van der Waals surface area contributed by atoms with Gasteiger partial charge >= 0.3 is 0 Å². The average Bonchev–Trinajstić information content (AvgIpc) is 2.73. The Hall–Kier alpha value is -2.04. The van der Waals surface area contributed by atoms with E-state index in [9.17, 15) is 0 Å².